The van der Waals surface area contributed by atoms with Crippen LogP contribution in [0, 0.1) is 0 Å². The van der Waals surface area contributed by atoms with Crippen LogP contribution in [-0.4, -0.2) is 21.0 Å². The van der Waals surface area contributed by atoms with E-state index >= 15 is 0 Å². The minimum atomic E-state index is -0.356. The van der Waals surface area contributed by atoms with Gasteiger partial charge >= 0.3 is 0 Å². The van der Waals surface area contributed by atoms with Crippen LogP contribution in [0.5, 0.6) is 11.5 Å². The third-order valence-electron chi connectivity index (χ3n) is 3.01. The molecule has 7 heteroatoms. The first-order valence-corrected chi connectivity index (χ1v) is 7.72. The van der Waals surface area contributed by atoms with Crippen molar-refractivity contribution < 1.29 is 14.6 Å². The highest BCUT2D eigenvalue weighted by molar-refractivity contribution is 7.07. The molecule has 6 nitrogen and oxygen atoms in total. The van der Waals surface area contributed by atoms with E-state index in [0.717, 1.165) is 5.69 Å². The van der Waals surface area contributed by atoms with Crippen LogP contribution < -0.4 is 10.1 Å². The Kier molecular flexibility index (Phi) is 4.49. The zero-order valence-corrected chi connectivity index (χ0v) is 12.8. The lowest BCUT2D eigenvalue weighted by Crippen LogP contribution is -2.12. The van der Waals surface area contributed by atoms with Gasteiger partial charge < -0.3 is 15.2 Å². The van der Waals surface area contributed by atoms with Gasteiger partial charge in [0.25, 0.3) is 5.91 Å². The molecule has 1 aromatic carbocycles. The van der Waals surface area contributed by atoms with Gasteiger partial charge in [-0.1, -0.05) is 0 Å². The predicted molar refractivity (Wildman–Crippen MR) is 86.7 cm³/mol. The molecule has 23 heavy (non-hydrogen) atoms. The number of amides is 1. The van der Waals surface area contributed by atoms with Crippen molar-refractivity contribution in [2.75, 3.05) is 5.32 Å². The Balaban J connectivity index is 1.62. The van der Waals surface area contributed by atoms with Crippen molar-refractivity contribution >= 4 is 23.1 Å². The second kappa shape index (κ2) is 6.89. The third-order valence-corrected chi connectivity index (χ3v) is 3.64. The van der Waals surface area contributed by atoms with Gasteiger partial charge in [-0.25, -0.2) is 9.97 Å². The summed E-state index contributed by atoms with van der Waals surface area (Å²) in [5, 5.41) is 14.1. The van der Waals surface area contributed by atoms with Crippen LogP contribution in [0.25, 0.3) is 0 Å². The summed E-state index contributed by atoms with van der Waals surface area (Å²) < 4.78 is 5.58. The van der Waals surface area contributed by atoms with E-state index in [-0.39, 0.29) is 17.5 Å². The van der Waals surface area contributed by atoms with Crippen molar-refractivity contribution in [1.82, 2.24) is 9.97 Å². The Hall–Kier alpha value is -2.93. The zero-order chi connectivity index (χ0) is 16.1. The van der Waals surface area contributed by atoms with Crippen molar-refractivity contribution in [2.24, 2.45) is 0 Å². The van der Waals surface area contributed by atoms with Crippen molar-refractivity contribution in [2.45, 2.75) is 6.61 Å². The summed E-state index contributed by atoms with van der Waals surface area (Å²) in [4.78, 5) is 20.1. The molecule has 1 amide bonds. The topological polar surface area (TPSA) is 84.3 Å². The summed E-state index contributed by atoms with van der Waals surface area (Å²) >= 11 is 1.51. The molecule has 2 N–H and O–H groups in total. The van der Waals surface area contributed by atoms with Gasteiger partial charge in [0, 0.05) is 17.1 Å². The molecule has 0 bridgehead atoms. The first-order chi connectivity index (χ1) is 11.2. The number of pyridine rings is 1. The fourth-order valence-electron chi connectivity index (χ4n) is 1.84. The van der Waals surface area contributed by atoms with Gasteiger partial charge in [-0.3, -0.25) is 4.79 Å². The molecule has 116 valence electrons. The maximum absolute atomic E-state index is 12.1. The number of benzene rings is 1. The molecule has 0 spiro atoms. The lowest BCUT2D eigenvalue weighted by molar-refractivity contribution is 0.102. The average Bonchev–Trinajstić information content (AvgIpc) is 3.09. The number of nitrogens with one attached hydrogen (secondary N) is 1. The molecule has 0 aliphatic carbocycles. The van der Waals surface area contributed by atoms with Gasteiger partial charge in [0.15, 0.2) is 11.6 Å². The largest absolute Gasteiger partial charge is 0.504 e. The van der Waals surface area contributed by atoms with Gasteiger partial charge in [-0.05, 0) is 36.4 Å². The van der Waals surface area contributed by atoms with Gasteiger partial charge in [-0.15, -0.1) is 11.3 Å². The Morgan fingerprint density at radius 2 is 2.04 bits per heavy atom. The molecule has 2 aromatic heterocycles. The lowest BCUT2D eigenvalue weighted by Gasteiger charge is -2.07. The number of nitrogens with zero attached hydrogens (tertiary/aromatic N) is 2. The molecular formula is C16H13N3O3S. The number of thiazole rings is 1. The predicted octanol–water partition coefficient (Wildman–Crippen LogP) is 3.08. The van der Waals surface area contributed by atoms with Crippen LogP contribution in [-0.2, 0) is 6.61 Å². The molecule has 2 heterocycles. The van der Waals surface area contributed by atoms with E-state index in [9.17, 15) is 9.90 Å². The average molecular weight is 327 g/mol. The number of anilines is 1. The first kappa shape index (κ1) is 15.0. The van der Waals surface area contributed by atoms with E-state index in [1.165, 1.54) is 23.6 Å². The maximum Gasteiger partial charge on any atom is 0.256 e. The molecular weight excluding hydrogens is 314 g/mol. The normalized spacial score (nSPS) is 10.3. The molecule has 0 atom stereocenters. The summed E-state index contributed by atoms with van der Waals surface area (Å²) in [5.74, 6) is 0.339. The molecule has 0 aliphatic rings. The van der Waals surface area contributed by atoms with E-state index in [0.29, 0.717) is 17.9 Å². The van der Waals surface area contributed by atoms with E-state index in [4.69, 9.17) is 4.74 Å². The summed E-state index contributed by atoms with van der Waals surface area (Å²) in [6.45, 7) is 0.386. The number of hydrogen-bond acceptors (Lipinski definition) is 6. The SMILES string of the molecule is O=C(Nc1ncccc1O)c1ccc(OCc2cscn2)cc1. The van der Waals surface area contributed by atoms with Crippen LogP contribution in [0.3, 0.4) is 0 Å². The van der Waals surface area contributed by atoms with Crippen LogP contribution in [0.1, 0.15) is 16.1 Å². The minimum absolute atomic E-state index is 0.0796. The standard InChI is InChI=1S/C16H13N3O3S/c20-14-2-1-7-17-15(14)19-16(21)11-3-5-13(6-4-11)22-8-12-9-23-10-18-12/h1-7,9-10,20H,8H2,(H,17,19,21). The number of ether oxygens (including phenoxy) is 1. The second-order valence-corrected chi connectivity index (χ2v) is 5.34. The lowest BCUT2D eigenvalue weighted by atomic mass is 10.2. The molecule has 3 aromatic rings. The summed E-state index contributed by atoms with van der Waals surface area (Å²) in [5.41, 5.74) is 3.05. The highest BCUT2D eigenvalue weighted by atomic mass is 32.1. The maximum atomic E-state index is 12.1. The fourth-order valence-corrected chi connectivity index (χ4v) is 2.38. The fraction of sp³-hybridized carbons (Fsp3) is 0.0625. The van der Waals surface area contributed by atoms with Crippen LogP contribution in [0.15, 0.2) is 53.5 Å². The molecule has 3 rings (SSSR count). The minimum Gasteiger partial charge on any atom is -0.504 e. The van der Waals surface area contributed by atoms with Crippen molar-refractivity contribution in [3.05, 3.63) is 64.7 Å². The van der Waals surface area contributed by atoms with E-state index in [2.05, 4.69) is 15.3 Å². The van der Waals surface area contributed by atoms with E-state index in [1.54, 1.807) is 35.8 Å². The number of aromatic hydroxyl groups is 1. The zero-order valence-electron chi connectivity index (χ0n) is 12.0. The summed E-state index contributed by atoms with van der Waals surface area (Å²) in [6, 6.07) is 9.74. The molecule has 0 saturated heterocycles. The highest BCUT2D eigenvalue weighted by Crippen LogP contribution is 2.20. The van der Waals surface area contributed by atoms with E-state index in [1.807, 2.05) is 5.38 Å². The Morgan fingerprint density at radius 3 is 2.74 bits per heavy atom. The molecule has 0 radical (unpaired) electrons. The molecule has 0 aliphatic heterocycles. The monoisotopic (exact) mass is 327 g/mol. The van der Waals surface area contributed by atoms with Gasteiger partial charge in [0.05, 0.1) is 11.2 Å². The van der Waals surface area contributed by atoms with E-state index < -0.39 is 0 Å². The molecule has 0 fully saturated rings. The number of hydrogen-bond donors (Lipinski definition) is 2. The van der Waals surface area contributed by atoms with Crippen molar-refractivity contribution in [1.29, 1.82) is 0 Å². The molecule has 0 saturated carbocycles. The quantitative estimate of drug-likeness (QED) is 0.752. The van der Waals surface area contributed by atoms with Crippen molar-refractivity contribution in [3.8, 4) is 11.5 Å². The molecule has 0 unspecified atom stereocenters. The smallest absolute Gasteiger partial charge is 0.256 e. The van der Waals surface area contributed by atoms with Gasteiger partial charge in [0.2, 0.25) is 0 Å². The second-order valence-electron chi connectivity index (χ2n) is 4.62. The number of carbonyl (C=O) groups excluding carboxylic acids is 1. The Bertz CT molecular complexity index is 789. The number of aromatic nitrogens is 2. The van der Waals surface area contributed by atoms with Crippen LogP contribution >= 0.6 is 11.3 Å². The van der Waals surface area contributed by atoms with Crippen molar-refractivity contribution in [3.63, 3.8) is 0 Å². The highest BCUT2D eigenvalue weighted by Gasteiger charge is 2.09. The van der Waals surface area contributed by atoms with Crippen LogP contribution in [0.4, 0.5) is 5.82 Å². The Labute approximate surface area is 136 Å². The first-order valence-electron chi connectivity index (χ1n) is 6.77. The summed E-state index contributed by atoms with van der Waals surface area (Å²) in [7, 11) is 0. The number of carbonyl (C=O) groups is 1. The summed E-state index contributed by atoms with van der Waals surface area (Å²) in [6.07, 6.45) is 1.49. The third kappa shape index (κ3) is 3.83. The Morgan fingerprint density at radius 1 is 1.22 bits per heavy atom. The number of rotatable bonds is 5. The van der Waals surface area contributed by atoms with Gasteiger partial charge in [-0.2, -0.15) is 0 Å². The van der Waals surface area contributed by atoms with Crippen LogP contribution in [0.2, 0.25) is 0 Å². The van der Waals surface area contributed by atoms with Gasteiger partial charge in [0.1, 0.15) is 12.4 Å².